The van der Waals surface area contributed by atoms with Crippen LogP contribution in [-0.4, -0.2) is 28.7 Å². The lowest BCUT2D eigenvalue weighted by Gasteiger charge is -2.06. The van der Waals surface area contributed by atoms with Gasteiger partial charge in [0.05, 0.1) is 17.4 Å². The molecule has 0 radical (unpaired) electrons. The fourth-order valence-electron chi connectivity index (χ4n) is 2.18. The Morgan fingerprint density at radius 2 is 2.22 bits per heavy atom. The summed E-state index contributed by atoms with van der Waals surface area (Å²) in [4.78, 5) is 4.38. The lowest BCUT2D eigenvalue weighted by Crippen LogP contribution is -2.28. The van der Waals surface area contributed by atoms with Crippen LogP contribution in [0.2, 0.25) is 0 Å². The maximum atomic E-state index is 4.38. The first-order valence-corrected chi connectivity index (χ1v) is 6.67. The quantitative estimate of drug-likeness (QED) is 0.755. The summed E-state index contributed by atoms with van der Waals surface area (Å²) in [5, 5.41) is 6.96. The van der Waals surface area contributed by atoms with Crippen molar-refractivity contribution in [1.29, 1.82) is 0 Å². The van der Waals surface area contributed by atoms with Gasteiger partial charge in [0.25, 0.3) is 0 Å². The number of aromatic nitrogens is 2. The third-order valence-corrected chi connectivity index (χ3v) is 3.43. The number of fused-ring (bicyclic) bond motifs is 1. The highest BCUT2D eigenvalue weighted by Crippen LogP contribution is 2.17. The minimum absolute atomic E-state index is 0.802. The molecule has 0 aliphatic heterocycles. The monoisotopic (exact) mass is 244 g/mol. The highest BCUT2D eigenvalue weighted by atomic mass is 15.0. The number of nitrogens with one attached hydrogen (secondary N) is 2. The van der Waals surface area contributed by atoms with Crippen molar-refractivity contribution < 1.29 is 0 Å². The standard InChI is InChI=1S/C14H20N4/c1-18-10-17-13-8-11(2-5-14(13)18)9-15-6-7-16-12-3-4-12/h2,5,8,10,12,15-16H,3-4,6-7,9H2,1H3. The first-order valence-electron chi connectivity index (χ1n) is 6.67. The Bertz CT molecular complexity index is 528. The third kappa shape index (κ3) is 2.71. The Balaban J connectivity index is 1.50. The van der Waals surface area contributed by atoms with Gasteiger partial charge in [-0.05, 0) is 30.5 Å². The van der Waals surface area contributed by atoms with Gasteiger partial charge < -0.3 is 15.2 Å². The minimum Gasteiger partial charge on any atom is -0.334 e. The van der Waals surface area contributed by atoms with Gasteiger partial charge in [0, 0.05) is 32.7 Å². The molecular formula is C14H20N4. The molecule has 0 amide bonds. The van der Waals surface area contributed by atoms with Crippen LogP contribution in [0.15, 0.2) is 24.5 Å². The van der Waals surface area contributed by atoms with Crippen LogP contribution in [0.3, 0.4) is 0 Å². The Morgan fingerprint density at radius 1 is 1.33 bits per heavy atom. The molecule has 2 aromatic rings. The Morgan fingerprint density at radius 3 is 3.06 bits per heavy atom. The second-order valence-electron chi connectivity index (χ2n) is 5.08. The zero-order valence-corrected chi connectivity index (χ0v) is 10.8. The molecule has 18 heavy (non-hydrogen) atoms. The van der Waals surface area contributed by atoms with Gasteiger partial charge in [-0.2, -0.15) is 0 Å². The summed E-state index contributed by atoms with van der Waals surface area (Å²) in [7, 11) is 2.02. The van der Waals surface area contributed by atoms with Crippen LogP contribution in [0.5, 0.6) is 0 Å². The van der Waals surface area contributed by atoms with Crippen molar-refractivity contribution in [3.05, 3.63) is 30.1 Å². The summed E-state index contributed by atoms with van der Waals surface area (Å²) in [6.45, 7) is 3.01. The van der Waals surface area contributed by atoms with Gasteiger partial charge in [-0.3, -0.25) is 0 Å². The summed E-state index contributed by atoms with van der Waals surface area (Å²) < 4.78 is 2.05. The SMILES string of the molecule is Cn1cnc2cc(CNCCNC3CC3)ccc21. The van der Waals surface area contributed by atoms with Crippen molar-refractivity contribution in [2.75, 3.05) is 13.1 Å². The van der Waals surface area contributed by atoms with Gasteiger partial charge in [-0.25, -0.2) is 4.98 Å². The van der Waals surface area contributed by atoms with Crippen molar-refractivity contribution in [3.8, 4) is 0 Å². The smallest absolute Gasteiger partial charge is 0.0955 e. The van der Waals surface area contributed by atoms with Crippen molar-refractivity contribution >= 4 is 11.0 Å². The number of nitrogens with zero attached hydrogens (tertiary/aromatic N) is 2. The van der Waals surface area contributed by atoms with Gasteiger partial charge in [0.1, 0.15) is 0 Å². The predicted molar refractivity (Wildman–Crippen MR) is 73.4 cm³/mol. The van der Waals surface area contributed by atoms with E-state index in [2.05, 4.69) is 33.8 Å². The van der Waals surface area contributed by atoms with Crippen LogP contribution >= 0.6 is 0 Å². The molecule has 3 rings (SSSR count). The maximum absolute atomic E-state index is 4.38. The molecule has 96 valence electrons. The normalized spacial score (nSPS) is 15.4. The molecule has 0 saturated heterocycles. The molecule has 0 bridgehead atoms. The summed E-state index contributed by atoms with van der Waals surface area (Å²) in [6.07, 6.45) is 4.58. The van der Waals surface area contributed by atoms with Crippen LogP contribution in [-0.2, 0) is 13.6 Å². The van der Waals surface area contributed by atoms with Crippen LogP contribution < -0.4 is 10.6 Å². The molecule has 1 aromatic carbocycles. The molecule has 1 aromatic heterocycles. The second-order valence-corrected chi connectivity index (χ2v) is 5.08. The zero-order valence-electron chi connectivity index (χ0n) is 10.8. The molecule has 4 heteroatoms. The highest BCUT2D eigenvalue weighted by molar-refractivity contribution is 5.75. The van der Waals surface area contributed by atoms with E-state index in [9.17, 15) is 0 Å². The van der Waals surface area contributed by atoms with Crippen molar-refractivity contribution in [3.63, 3.8) is 0 Å². The van der Waals surface area contributed by atoms with E-state index >= 15 is 0 Å². The van der Waals surface area contributed by atoms with Gasteiger partial charge in [-0.1, -0.05) is 6.07 Å². The molecule has 1 fully saturated rings. The first kappa shape index (κ1) is 11.7. The molecule has 1 saturated carbocycles. The molecule has 0 spiro atoms. The van der Waals surface area contributed by atoms with Gasteiger partial charge in [-0.15, -0.1) is 0 Å². The first-order chi connectivity index (χ1) is 8.83. The molecular weight excluding hydrogens is 224 g/mol. The summed E-state index contributed by atoms with van der Waals surface area (Å²) >= 11 is 0. The summed E-state index contributed by atoms with van der Waals surface area (Å²) in [5.74, 6) is 0. The van der Waals surface area contributed by atoms with E-state index in [4.69, 9.17) is 0 Å². The van der Waals surface area contributed by atoms with Crippen molar-refractivity contribution in [2.45, 2.75) is 25.4 Å². The van der Waals surface area contributed by atoms with E-state index in [-0.39, 0.29) is 0 Å². The van der Waals surface area contributed by atoms with Gasteiger partial charge >= 0.3 is 0 Å². The average Bonchev–Trinajstić information content (AvgIpc) is 3.13. The summed E-state index contributed by atoms with van der Waals surface area (Å²) in [5.41, 5.74) is 3.56. The fourth-order valence-corrected chi connectivity index (χ4v) is 2.18. The second kappa shape index (κ2) is 5.08. The van der Waals surface area contributed by atoms with Gasteiger partial charge in [0.2, 0.25) is 0 Å². The molecule has 1 aliphatic carbocycles. The maximum Gasteiger partial charge on any atom is 0.0955 e. The molecule has 0 unspecified atom stereocenters. The Hall–Kier alpha value is -1.39. The third-order valence-electron chi connectivity index (χ3n) is 3.43. The van der Waals surface area contributed by atoms with Crippen LogP contribution in [0.4, 0.5) is 0 Å². The van der Waals surface area contributed by atoms with Gasteiger partial charge in [0.15, 0.2) is 0 Å². The number of benzene rings is 1. The molecule has 2 N–H and O–H groups in total. The number of rotatable bonds is 6. The lowest BCUT2D eigenvalue weighted by molar-refractivity contribution is 0.609. The van der Waals surface area contributed by atoms with E-state index in [1.165, 1.54) is 23.9 Å². The Labute approximate surface area is 107 Å². The molecule has 0 atom stereocenters. The topological polar surface area (TPSA) is 41.9 Å². The largest absolute Gasteiger partial charge is 0.334 e. The lowest BCUT2D eigenvalue weighted by atomic mass is 10.2. The zero-order chi connectivity index (χ0) is 12.4. The fraction of sp³-hybridized carbons (Fsp3) is 0.500. The van der Waals surface area contributed by atoms with E-state index in [1.807, 2.05) is 17.9 Å². The van der Waals surface area contributed by atoms with E-state index in [0.29, 0.717) is 0 Å². The van der Waals surface area contributed by atoms with Crippen molar-refractivity contribution in [2.24, 2.45) is 7.05 Å². The van der Waals surface area contributed by atoms with Crippen LogP contribution in [0.1, 0.15) is 18.4 Å². The Kier molecular flexibility index (Phi) is 3.30. The molecule has 4 nitrogen and oxygen atoms in total. The molecule has 1 aliphatic rings. The van der Waals surface area contributed by atoms with E-state index in [1.54, 1.807) is 0 Å². The number of hydrogen-bond donors (Lipinski definition) is 2. The van der Waals surface area contributed by atoms with E-state index in [0.717, 1.165) is 31.2 Å². The van der Waals surface area contributed by atoms with Crippen molar-refractivity contribution in [1.82, 2.24) is 20.2 Å². The highest BCUT2D eigenvalue weighted by Gasteiger charge is 2.19. The van der Waals surface area contributed by atoms with Crippen LogP contribution in [0.25, 0.3) is 11.0 Å². The summed E-state index contributed by atoms with van der Waals surface area (Å²) in [6, 6.07) is 7.28. The number of aryl methyl sites for hydroxylation is 1. The number of imidazole rings is 1. The number of hydrogen-bond acceptors (Lipinski definition) is 3. The predicted octanol–water partition coefficient (Wildman–Crippen LogP) is 1.41. The van der Waals surface area contributed by atoms with E-state index < -0.39 is 0 Å². The minimum atomic E-state index is 0.802. The van der Waals surface area contributed by atoms with Crippen LogP contribution in [0, 0.1) is 0 Å². The average molecular weight is 244 g/mol. The molecule has 1 heterocycles.